The molecule has 0 aliphatic rings. The van der Waals surface area contributed by atoms with Crippen LogP contribution in [-0.2, 0) is 6.42 Å². The van der Waals surface area contributed by atoms with E-state index in [9.17, 15) is 0 Å². The summed E-state index contributed by atoms with van der Waals surface area (Å²) in [4.78, 5) is 4.21. The minimum Gasteiger partial charge on any atom is -0.493 e. The molecule has 0 bridgehead atoms. The molecular formula is C14H12N2O. The molecule has 1 aromatic heterocycles. The van der Waals surface area contributed by atoms with Crippen LogP contribution in [-0.4, -0.2) is 11.6 Å². The first kappa shape index (κ1) is 11.2. The lowest BCUT2D eigenvalue weighted by Gasteiger charge is -2.05. The van der Waals surface area contributed by atoms with Gasteiger partial charge >= 0.3 is 0 Å². The number of nitriles is 1. The standard InChI is InChI=1S/C14H12N2O/c15-11-12-4-3-6-14(10-12)17-9-7-13-5-1-2-8-16-13/h1-6,8,10H,7,9H2. The molecule has 84 valence electrons. The third kappa shape index (κ3) is 3.32. The van der Waals surface area contributed by atoms with Crippen LogP contribution < -0.4 is 4.74 Å². The number of benzene rings is 1. The van der Waals surface area contributed by atoms with Crippen LogP contribution in [0.25, 0.3) is 0 Å². The lowest BCUT2D eigenvalue weighted by atomic mass is 10.2. The highest BCUT2D eigenvalue weighted by Gasteiger charge is 1.97. The molecule has 0 N–H and O–H groups in total. The Balaban J connectivity index is 1.88. The fraction of sp³-hybridized carbons (Fsp3) is 0.143. The van der Waals surface area contributed by atoms with Gasteiger partial charge in [-0.15, -0.1) is 0 Å². The third-order valence-corrected chi connectivity index (χ3v) is 2.32. The first-order valence-electron chi connectivity index (χ1n) is 5.41. The molecule has 0 aliphatic carbocycles. The monoisotopic (exact) mass is 224 g/mol. The number of nitrogens with zero attached hydrogens (tertiary/aromatic N) is 2. The molecule has 0 fully saturated rings. The SMILES string of the molecule is N#Cc1cccc(OCCc2ccccn2)c1. The maximum Gasteiger partial charge on any atom is 0.120 e. The van der Waals surface area contributed by atoms with Gasteiger partial charge in [0.2, 0.25) is 0 Å². The van der Waals surface area contributed by atoms with Gasteiger partial charge in [-0.25, -0.2) is 0 Å². The van der Waals surface area contributed by atoms with Crippen LogP contribution in [0.2, 0.25) is 0 Å². The average Bonchev–Trinajstić information content (AvgIpc) is 2.40. The molecule has 0 unspecified atom stereocenters. The van der Waals surface area contributed by atoms with E-state index in [-0.39, 0.29) is 0 Å². The molecule has 0 atom stereocenters. The molecular weight excluding hydrogens is 212 g/mol. The fourth-order valence-electron chi connectivity index (χ4n) is 1.47. The van der Waals surface area contributed by atoms with Crippen molar-refractivity contribution < 1.29 is 4.74 Å². The van der Waals surface area contributed by atoms with E-state index in [2.05, 4.69) is 11.1 Å². The minimum absolute atomic E-state index is 0.561. The van der Waals surface area contributed by atoms with Crippen molar-refractivity contribution in [3.05, 3.63) is 59.9 Å². The molecule has 17 heavy (non-hydrogen) atoms. The summed E-state index contributed by atoms with van der Waals surface area (Å²) in [6.45, 7) is 0.561. The van der Waals surface area contributed by atoms with Gasteiger partial charge in [-0.05, 0) is 30.3 Å². The second kappa shape index (κ2) is 5.66. The van der Waals surface area contributed by atoms with Crippen molar-refractivity contribution in [3.63, 3.8) is 0 Å². The smallest absolute Gasteiger partial charge is 0.120 e. The second-order valence-electron chi connectivity index (χ2n) is 3.56. The number of hydrogen-bond donors (Lipinski definition) is 0. The quantitative estimate of drug-likeness (QED) is 0.801. The van der Waals surface area contributed by atoms with Gasteiger partial charge in [0.05, 0.1) is 18.2 Å². The number of hydrogen-bond acceptors (Lipinski definition) is 3. The molecule has 0 aliphatic heterocycles. The molecule has 0 saturated carbocycles. The maximum atomic E-state index is 8.75. The lowest BCUT2D eigenvalue weighted by Crippen LogP contribution is -2.02. The lowest BCUT2D eigenvalue weighted by molar-refractivity contribution is 0.320. The number of pyridine rings is 1. The molecule has 0 radical (unpaired) electrons. The molecule has 3 nitrogen and oxygen atoms in total. The van der Waals surface area contributed by atoms with Gasteiger partial charge in [-0.1, -0.05) is 12.1 Å². The summed E-state index contributed by atoms with van der Waals surface area (Å²) in [6.07, 6.45) is 2.53. The first-order valence-corrected chi connectivity index (χ1v) is 5.41. The zero-order chi connectivity index (χ0) is 11.9. The zero-order valence-electron chi connectivity index (χ0n) is 9.34. The fourth-order valence-corrected chi connectivity index (χ4v) is 1.47. The van der Waals surface area contributed by atoms with Gasteiger partial charge in [0, 0.05) is 18.3 Å². The van der Waals surface area contributed by atoms with Crippen molar-refractivity contribution in [2.45, 2.75) is 6.42 Å². The highest BCUT2D eigenvalue weighted by Crippen LogP contribution is 2.12. The minimum atomic E-state index is 0.561. The maximum absolute atomic E-state index is 8.75. The van der Waals surface area contributed by atoms with Gasteiger partial charge in [-0.3, -0.25) is 4.98 Å². The van der Waals surface area contributed by atoms with Crippen molar-refractivity contribution >= 4 is 0 Å². The first-order chi connectivity index (χ1) is 8.38. The van der Waals surface area contributed by atoms with E-state index in [0.29, 0.717) is 12.2 Å². The Morgan fingerprint density at radius 3 is 2.88 bits per heavy atom. The Hall–Kier alpha value is -2.34. The molecule has 2 rings (SSSR count). The van der Waals surface area contributed by atoms with Crippen LogP contribution >= 0.6 is 0 Å². The zero-order valence-corrected chi connectivity index (χ0v) is 9.34. The van der Waals surface area contributed by atoms with Gasteiger partial charge in [-0.2, -0.15) is 5.26 Å². The van der Waals surface area contributed by atoms with Crippen LogP contribution in [0.15, 0.2) is 48.7 Å². The van der Waals surface area contributed by atoms with Crippen molar-refractivity contribution in [2.24, 2.45) is 0 Å². The summed E-state index contributed by atoms with van der Waals surface area (Å²) in [6, 6.07) is 15.0. The highest BCUT2D eigenvalue weighted by molar-refractivity contribution is 5.36. The van der Waals surface area contributed by atoms with Crippen molar-refractivity contribution in [1.82, 2.24) is 4.98 Å². The summed E-state index contributed by atoms with van der Waals surface area (Å²) in [5.74, 6) is 0.722. The summed E-state index contributed by atoms with van der Waals surface area (Å²) in [7, 11) is 0. The Labute approximate surface area is 100 Å². The van der Waals surface area contributed by atoms with E-state index < -0.39 is 0 Å². The second-order valence-corrected chi connectivity index (χ2v) is 3.56. The van der Waals surface area contributed by atoms with Crippen molar-refractivity contribution in [1.29, 1.82) is 5.26 Å². The van der Waals surface area contributed by atoms with Crippen LogP contribution in [0.4, 0.5) is 0 Å². The van der Waals surface area contributed by atoms with Crippen LogP contribution in [0.3, 0.4) is 0 Å². The Kier molecular flexibility index (Phi) is 3.72. The summed E-state index contributed by atoms with van der Waals surface area (Å²) in [5, 5.41) is 8.75. The average molecular weight is 224 g/mol. The molecule has 1 aromatic carbocycles. The molecule has 0 spiro atoms. The molecule has 2 aromatic rings. The van der Waals surface area contributed by atoms with E-state index in [1.54, 1.807) is 18.3 Å². The molecule has 0 saturated heterocycles. The van der Waals surface area contributed by atoms with Gasteiger partial charge in [0.1, 0.15) is 5.75 Å². The van der Waals surface area contributed by atoms with E-state index >= 15 is 0 Å². The molecule has 0 amide bonds. The van der Waals surface area contributed by atoms with E-state index in [4.69, 9.17) is 10.00 Å². The summed E-state index contributed by atoms with van der Waals surface area (Å²) in [5.41, 5.74) is 1.62. The van der Waals surface area contributed by atoms with E-state index in [1.807, 2.05) is 30.3 Å². The molecule has 1 heterocycles. The van der Waals surface area contributed by atoms with Gasteiger partial charge in [0.15, 0.2) is 0 Å². The Morgan fingerprint density at radius 1 is 1.18 bits per heavy atom. The normalized spacial score (nSPS) is 9.59. The van der Waals surface area contributed by atoms with Crippen LogP contribution in [0.5, 0.6) is 5.75 Å². The third-order valence-electron chi connectivity index (χ3n) is 2.32. The Morgan fingerprint density at radius 2 is 2.12 bits per heavy atom. The van der Waals surface area contributed by atoms with Crippen molar-refractivity contribution in [2.75, 3.05) is 6.61 Å². The topological polar surface area (TPSA) is 45.9 Å². The van der Waals surface area contributed by atoms with Gasteiger partial charge < -0.3 is 4.74 Å². The number of ether oxygens (including phenoxy) is 1. The van der Waals surface area contributed by atoms with Crippen LogP contribution in [0.1, 0.15) is 11.3 Å². The van der Waals surface area contributed by atoms with E-state index in [0.717, 1.165) is 17.9 Å². The predicted molar refractivity (Wildman–Crippen MR) is 64.6 cm³/mol. The summed E-state index contributed by atoms with van der Waals surface area (Å²) < 4.78 is 5.56. The molecule has 3 heteroatoms. The highest BCUT2D eigenvalue weighted by atomic mass is 16.5. The number of aromatic nitrogens is 1. The number of rotatable bonds is 4. The van der Waals surface area contributed by atoms with Crippen LogP contribution in [0, 0.1) is 11.3 Å². The summed E-state index contributed by atoms with van der Waals surface area (Å²) >= 11 is 0. The Bertz CT molecular complexity index is 517. The largest absolute Gasteiger partial charge is 0.493 e. The predicted octanol–water partition coefficient (Wildman–Crippen LogP) is 2.57. The van der Waals surface area contributed by atoms with E-state index in [1.165, 1.54) is 0 Å². The van der Waals surface area contributed by atoms with Crippen molar-refractivity contribution in [3.8, 4) is 11.8 Å². The van der Waals surface area contributed by atoms with Gasteiger partial charge in [0.25, 0.3) is 0 Å².